The molecule has 1 amide bonds. The Hall–Kier alpha value is -2.14. The second-order valence-electron chi connectivity index (χ2n) is 5.36. The SMILES string of the molecule is C[C@H]1c2ccsc2CCN1C(=O)c1cccc2cn[nH]c12. The van der Waals surface area contributed by atoms with Gasteiger partial charge in [0.2, 0.25) is 0 Å². The fraction of sp³-hybridized carbons (Fsp3) is 0.250. The van der Waals surface area contributed by atoms with Crippen LogP contribution in [0.3, 0.4) is 0 Å². The number of H-pyrrole nitrogens is 1. The molecule has 5 heteroatoms. The molecule has 1 aliphatic rings. The fourth-order valence-electron chi connectivity index (χ4n) is 3.09. The van der Waals surface area contributed by atoms with Crippen LogP contribution >= 0.6 is 11.3 Å². The van der Waals surface area contributed by atoms with E-state index in [1.54, 1.807) is 17.5 Å². The summed E-state index contributed by atoms with van der Waals surface area (Å²) in [7, 11) is 0. The van der Waals surface area contributed by atoms with Gasteiger partial charge in [0.15, 0.2) is 0 Å². The molecule has 1 aliphatic heterocycles. The van der Waals surface area contributed by atoms with Crippen molar-refractivity contribution in [2.45, 2.75) is 19.4 Å². The topological polar surface area (TPSA) is 49.0 Å². The van der Waals surface area contributed by atoms with Crippen LogP contribution in [0.1, 0.15) is 33.8 Å². The molecule has 4 nitrogen and oxygen atoms in total. The van der Waals surface area contributed by atoms with Crippen molar-refractivity contribution >= 4 is 28.1 Å². The van der Waals surface area contributed by atoms with Crippen LogP contribution in [0.25, 0.3) is 10.9 Å². The van der Waals surface area contributed by atoms with Gasteiger partial charge in [0, 0.05) is 16.8 Å². The van der Waals surface area contributed by atoms with Crippen molar-refractivity contribution < 1.29 is 4.79 Å². The average Bonchev–Trinajstić information content (AvgIpc) is 3.15. The summed E-state index contributed by atoms with van der Waals surface area (Å²) < 4.78 is 0. The van der Waals surface area contributed by atoms with Gasteiger partial charge in [-0.1, -0.05) is 12.1 Å². The predicted octanol–water partition coefficient (Wildman–Crippen LogP) is 3.38. The molecular weight excluding hydrogens is 282 g/mol. The van der Waals surface area contributed by atoms with Crippen LogP contribution in [-0.4, -0.2) is 27.5 Å². The number of para-hydroxylation sites is 1. The Kier molecular flexibility index (Phi) is 2.82. The van der Waals surface area contributed by atoms with E-state index in [0.29, 0.717) is 5.56 Å². The van der Waals surface area contributed by atoms with Crippen LogP contribution in [0, 0.1) is 0 Å². The van der Waals surface area contributed by atoms with Crippen molar-refractivity contribution in [2.24, 2.45) is 0 Å². The molecule has 1 aromatic carbocycles. The number of amides is 1. The van der Waals surface area contributed by atoms with Crippen molar-refractivity contribution in [3.63, 3.8) is 0 Å². The molecule has 2 aromatic heterocycles. The van der Waals surface area contributed by atoms with Crippen LogP contribution in [0.5, 0.6) is 0 Å². The number of rotatable bonds is 1. The van der Waals surface area contributed by atoms with Gasteiger partial charge in [-0.3, -0.25) is 9.89 Å². The Morgan fingerprint density at radius 2 is 2.33 bits per heavy atom. The lowest BCUT2D eigenvalue weighted by molar-refractivity contribution is 0.0681. The number of aromatic amines is 1. The highest BCUT2D eigenvalue weighted by Crippen LogP contribution is 2.34. The molecule has 1 N–H and O–H groups in total. The van der Waals surface area contributed by atoms with E-state index in [9.17, 15) is 4.79 Å². The number of thiophene rings is 1. The van der Waals surface area contributed by atoms with E-state index in [2.05, 4.69) is 28.6 Å². The standard InChI is InChI=1S/C16H15N3OS/c1-10-12-6-8-21-14(12)5-7-19(10)16(20)13-4-2-3-11-9-17-18-15(11)13/h2-4,6,8-10H,5,7H2,1H3,(H,17,18)/t10-/m0/s1. The summed E-state index contributed by atoms with van der Waals surface area (Å²) in [6.45, 7) is 2.88. The lowest BCUT2D eigenvalue weighted by atomic mass is 10.00. The molecule has 4 rings (SSSR count). The monoisotopic (exact) mass is 297 g/mol. The number of carbonyl (C=O) groups is 1. The largest absolute Gasteiger partial charge is 0.331 e. The maximum absolute atomic E-state index is 12.9. The molecule has 3 aromatic rings. The Morgan fingerprint density at radius 3 is 3.24 bits per heavy atom. The highest BCUT2D eigenvalue weighted by molar-refractivity contribution is 7.10. The first-order valence-electron chi connectivity index (χ1n) is 7.05. The quantitative estimate of drug-likeness (QED) is 0.748. The average molecular weight is 297 g/mol. The van der Waals surface area contributed by atoms with Crippen molar-refractivity contribution in [3.05, 3.63) is 51.8 Å². The van der Waals surface area contributed by atoms with Crippen LogP contribution in [0.15, 0.2) is 35.8 Å². The second-order valence-corrected chi connectivity index (χ2v) is 6.36. The third-order valence-electron chi connectivity index (χ3n) is 4.25. The molecule has 0 saturated heterocycles. The van der Waals surface area contributed by atoms with Crippen LogP contribution in [-0.2, 0) is 6.42 Å². The maximum Gasteiger partial charge on any atom is 0.256 e. The van der Waals surface area contributed by atoms with E-state index in [1.165, 1.54) is 10.4 Å². The highest BCUT2D eigenvalue weighted by atomic mass is 32.1. The second kappa shape index (κ2) is 4.70. The zero-order valence-corrected chi connectivity index (χ0v) is 12.5. The minimum absolute atomic E-state index is 0.0780. The highest BCUT2D eigenvalue weighted by Gasteiger charge is 2.29. The van der Waals surface area contributed by atoms with E-state index in [1.807, 2.05) is 23.1 Å². The summed E-state index contributed by atoms with van der Waals surface area (Å²) in [6, 6.07) is 8.02. The molecule has 0 unspecified atom stereocenters. The minimum atomic E-state index is 0.0780. The van der Waals surface area contributed by atoms with Gasteiger partial charge in [-0.2, -0.15) is 5.10 Å². The lowest BCUT2D eigenvalue weighted by Gasteiger charge is -2.33. The molecule has 0 saturated carbocycles. The van der Waals surface area contributed by atoms with Crippen LogP contribution in [0.2, 0.25) is 0 Å². The van der Waals surface area contributed by atoms with Gasteiger partial charge in [-0.05, 0) is 36.4 Å². The molecule has 0 radical (unpaired) electrons. The Morgan fingerprint density at radius 1 is 1.43 bits per heavy atom. The van der Waals surface area contributed by atoms with E-state index >= 15 is 0 Å². The van der Waals surface area contributed by atoms with Gasteiger partial charge in [0.1, 0.15) is 0 Å². The third kappa shape index (κ3) is 1.88. The van der Waals surface area contributed by atoms with Gasteiger partial charge in [0.25, 0.3) is 5.91 Å². The summed E-state index contributed by atoms with van der Waals surface area (Å²) in [4.78, 5) is 16.3. The van der Waals surface area contributed by atoms with Gasteiger partial charge in [-0.15, -0.1) is 11.3 Å². The van der Waals surface area contributed by atoms with Gasteiger partial charge in [-0.25, -0.2) is 0 Å². The number of fused-ring (bicyclic) bond motifs is 2. The molecule has 3 heterocycles. The van der Waals surface area contributed by atoms with E-state index in [4.69, 9.17) is 0 Å². The molecule has 106 valence electrons. The van der Waals surface area contributed by atoms with Crippen molar-refractivity contribution in [2.75, 3.05) is 6.54 Å². The third-order valence-corrected chi connectivity index (χ3v) is 5.24. The summed E-state index contributed by atoms with van der Waals surface area (Å²) in [5.41, 5.74) is 2.82. The molecule has 21 heavy (non-hydrogen) atoms. The molecular formula is C16H15N3OS. The van der Waals surface area contributed by atoms with E-state index < -0.39 is 0 Å². The van der Waals surface area contributed by atoms with E-state index in [-0.39, 0.29) is 11.9 Å². The number of aromatic nitrogens is 2. The number of nitrogens with one attached hydrogen (secondary N) is 1. The van der Waals surface area contributed by atoms with Gasteiger partial charge >= 0.3 is 0 Å². The molecule has 0 fully saturated rings. The predicted molar refractivity (Wildman–Crippen MR) is 83.6 cm³/mol. The summed E-state index contributed by atoms with van der Waals surface area (Å²) in [5, 5.41) is 10.1. The first-order valence-corrected chi connectivity index (χ1v) is 7.93. The molecule has 1 atom stereocenters. The van der Waals surface area contributed by atoms with Crippen molar-refractivity contribution in [1.82, 2.24) is 15.1 Å². The first-order chi connectivity index (χ1) is 10.3. The number of hydrogen-bond donors (Lipinski definition) is 1. The fourth-order valence-corrected chi connectivity index (χ4v) is 4.05. The zero-order valence-electron chi connectivity index (χ0n) is 11.7. The van der Waals surface area contributed by atoms with E-state index in [0.717, 1.165) is 23.9 Å². The minimum Gasteiger partial charge on any atom is -0.331 e. The first kappa shape index (κ1) is 12.6. The normalized spacial score (nSPS) is 18.0. The summed E-state index contributed by atoms with van der Waals surface area (Å²) in [6.07, 6.45) is 2.70. The number of nitrogens with zero attached hydrogens (tertiary/aromatic N) is 2. The Balaban J connectivity index is 1.74. The molecule has 0 spiro atoms. The van der Waals surface area contributed by atoms with Crippen molar-refractivity contribution in [1.29, 1.82) is 0 Å². The van der Waals surface area contributed by atoms with Crippen LogP contribution in [0.4, 0.5) is 0 Å². The van der Waals surface area contributed by atoms with Crippen LogP contribution < -0.4 is 0 Å². The smallest absolute Gasteiger partial charge is 0.256 e. The van der Waals surface area contributed by atoms with Gasteiger partial charge < -0.3 is 4.90 Å². The number of benzene rings is 1. The summed E-state index contributed by atoms with van der Waals surface area (Å²) in [5.74, 6) is 0.0780. The number of hydrogen-bond acceptors (Lipinski definition) is 3. The zero-order chi connectivity index (χ0) is 14.4. The maximum atomic E-state index is 12.9. The van der Waals surface area contributed by atoms with Crippen molar-refractivity contribution in [3.8, 4) is 0 Å². The van der Waals surface area contributed by atoms with Gasteiger partial charge in [0.05, 0.1) is 23.3 Å². The molecule has 0 aliphatic carbocycles. The Bertz CT molecular complexity index is 820. The lowest BCUT2D eigenvalue weighted by Crippen LogP contribution is -2.38. The summed E-state index contributed by atoms with van der Waals surface area (Å²) >= 11 is 1.79. The Labute approximate surface area is 126 Å². The molecule has 0 bridgehead atoms. The number of carbonyl (C=O) groups excluding carboxylic acids is 1.